The molecule has 1 aromatic carbocycles. The van der Waals surface area contributed by atoms with Crippen molar-refractivity contribution >= 4 is 17.5 Å². The Morgan fingerprint density at radius 3 is 2.54 bits per heavy atom. The molecule has 2 aromatic rings. The van der Waals surface area contributed by atoms with Gasteiger partial charge < -0.3 is 15.5 Å². The highest BCUT2D eigenvalue weighted by Crippen LogP contribution is 2.11. The third-order valence-corrected chi connectivity index (χ3v) is 3.59. The molecule has 0 aliphatic heterocycles. The van der Waals surface area contributed by atoms with Crippen molar-refractivity contribution in [2.45, 2.75) is 6.42 Å². The van der Waals surface area contributed by atoms with Crippen molar-refractivity contribution in [1.29, 1.82) is 5.26 Å². The maximum atomic E-state index is 12.3. The predicted molar refractivity (Wildman–Crippen MR) is 98.9 cm³/mol. The quantitative estimate of drug-likeness (QED) is 0.742. The Morgan fingerprint density at radius 1 is 1.15 bits per heavy atom. The summed E-state index contributed by atoms with van der Waals surface area (Å²) in [6.07, 6.45) is 2.28. The molecule has 0 aliphatic carbocycles. The van der Waals surface area contributed by atoms with Crippen LogP contribution in [-0.4, -0.2) is 48.9 Å². The third-order valence-electron chi connectivity index (χ3n) is 3.59. The second kappa shape index (κ2) is 9.30. The number of nitrogens with one attached hydrogen (secondary N) is 2. The smallest absolute Gasteiger partial charge is 0.274 e. The van der Waals surface area contributed by atoms with Crippen LogP contribution in [0.5, 0.6) is 0 Å². The highest BCUT2D eigenvalue weighted by molar-refractivity contribution is 6.04. The Morgan fingerprint density at radius 2 is 1.88 bits per heavy atom. The summed E-state index contributed by atoms with van der Waals surface area (Å²) in [5.74, 6) is -0.657. The van der Waals surface area contributed by atoms with Crippen LogP contribution in [0.3, 0.4) is 0 Å². The van der Waals surface area contributed by atoms with Crippen LogP contribution >= 0.6 is 0 Å². The van der Waals surface area contributed by atoms with Crippen molar-refractivity contribution in [3.8, 4) is 6.07 Å². The van der Waals surface area contributed by atoms with Gasteiger partial charge in [0.05, 0.1) is 11.6 Å². The summed E-state index contributed by atoms with van der Waals surface area (Å²) in [6.45, 7) is 1.45. The molecule has 2 rings (SSSR count). The molecule has 134 valence electrons. The molecule has 0 fully saturated rings. The highest BCUT2D eigenvalue weighted by Gasteiger charge is 2.12. The zero-order chi connectivity index (χ0) is 18.9. The number of nitriles is 1. The molecule has 7 nitrogen and oxygen atoms in total. The predicted octanol–water partition coefficient (Wildman–Crippen LogP) is 1.89. The average Bonchev–Trinajstić information content (AvgIpc) is 2.65. The molecular formula is C19H21N5O2. The summed E-state index contributed by atoms with van der Waals surface area (Å²) in [6, 6.07) is 11.5. The average molecular weight is 351 g/mol. The van der Waals surface area contributed by atoms with Crippen LogP contribution < -0.4 is 10.6 Å². The summed E-state index contributed by atoms with van der Waals surface area (Å²) in [5.41, 5.74) is 1.59. The first-order chi connectivity index (χ1) is 12.5. The van der Waals surface area contributed by atoms with Crippen LogP contribution in [0.25, 0.3) is 0 Å². The van der Waals surface area contributed by atoms with E-state index in [4.69, 9.17) is 5.26 Å². The van der Waals surface area contributed by atoms with Gasteiger partial charge in [-0.15, -0.1) is 0 Å². The molecule has 2 amide bonds. The number of nitrogens with zero attached hydrogens (tertiary/aromatic N) is 3. The number of benzene rings is 1. The number of hydrogen-bond donors (Lipinski definition) is 2. The number of carbonyl (C=O) groups excluding carboxylic acids is 2. The van der Waals surface area contributed by atoms with Crippen LogP contribution in [0.1, 0.15) is 32.8 Å². The fourth-order valence-corrected chi connectivity index (χ4v) is 2.22. The minimum atomic E-state index is -0.419. The second-order valence-electron chi connectivity index (χ2n) is 5.99. The van der Waals surface area contributed by atoms with E-state index in [2.05, 4.69) is 15.6 Å². The lowest BCUT2D eigenvalue weighted by Crippen LogP contribution is -2.27. The lowest BCUT2D eigenvalue weighted by atomic mass is 10.2. The largest absolute Gasteiger partial charge is 0.352 e. The molecular weight excluding hydrogens is 330 g/mol. The molecule has 1 aromatic heterocycles. The third kappa shape index (κ3) is 5.69. The minimum absolute atomic E-state index is 0.148. The maximum absolute atomic E-state index is 12.3. The molecule has 0 saturated carbocycles. The Bertz CT molecular complexity index is 809. The number of pyridine rings is 1. The van der Waals surface area contributed by atoms with E-state index in [1.807, 2.05) is 25.1 Å². The molecule has 0 spiro atoms. The minimum Gasteiger partial charge on any atom is -0.352 e. The SMILES string of the molecule is CN(C)CCCNC(=O)c1ccnc(C(=O)Nc2ccc(C#N)cc2)c1. The van der Waals surface area contributed by atoms with E-state index in [0.717, 1.165) is 13.0 Å². The fraction of sp³-hybridized carbons (Fsp3) is 0.263. The Kier molecular flexibility index (Phi) is 6.83. The van der Waals surface area contributed by atoms with Crippen LogP contribution in [0.15, 0.2) is 42.6 Å². The number of aromatic nitrogens is 1. The first-order valence-electron chi connectivity index (χ1n) is 8.20. The molecule has 0 bridgehead atoms. The van der Waals surface area contributed by atoms with E-state index in [9.17, 15) is 9.59 Å². The molecule has 0 saturated heterocycles. The van der Waals surface area contributed by atoms with E-state index in [1.165, 1.54) is 12.3 Å². The number of anilines is 1. The van der Waals surface area contributed by atoms with Gasteiger partial charge in [0.2, 0.25) is 0 Å². The van der Waals surface area contributed by atoms with Gasteiger partial charge in [-0.05, 0) is 63.5 Å². The molecule has 0 aliphatic rings. The number of amides is 2. The molecule has 0 unspecified atom stereocenters. The van der Waals surface area contributed by atoms with Gasteiger partial charge >= 0.3 is 0 Å². The molecule has 26 heavy (non-hydrogen) atoms. The van der Waals surface area contributed by atoms with Gasteiger partial charge in [-0.3, -0.25) is 14.6 Å². The van der Waals surface area contributed by atoms with Gasteiger partial charge in [0.25, 0.3) is 11.8 Å². The van der Waals surface area contributed by atoms with Crippen LogP contribution in [0.2, 0.25) is 0 Å². The number of hydrogen-bond acceptors (Lipinski definition) is 5. The molecule has 0 radical (unpaired) electrons. The summed E-state index contributed by atoms with van der Waals surface area (Å²) < 4.78 is 0. The zero-order valence-corrected chi connectivity index (χ0v) is 14.8. The Hall–Kier alpha value is -3.24. The second-order valence-corrected chi connectivity index (χ2v) is 5.99. The standard InChI is InChI=1S/C19H21N5O2/c1-24(2)11-3-9-22-18(25)15-8-10-21-17(12-15)19(26)23-16-6-4-14(13-20)5-7-16/h4-8,10,12H,3,9,11H2,1-2H3,(H,22,25)(H,23,26). The zero-order valence-electron chi connectivity index (χ0n) is 14.8. The lowest BCUT2D eigenvalue weighted by molar-refractivity contribution is 0.0952. The van der Waals surface area contributed by atoms with Crippen molar-refractivity contribution in [3.63, 3.8) is 0 Å². The summed E-state index contributed by atoms with van der Waals surface area (Å²) >= 11 is 0. The highest BCUT2D eigenvalue weighted by atomic mass is 16.2. The first-order valence-corrected chi connectivity index (χ1v) is 8.20. The van der Waals surface area contributed by atoms with Crippen LogP contribution in [0.4, 0.5) is 5.69 Å². The van der Waals surface area contributed by atoms with E-state index in [0.29, 0.717) is 23.4 Å². The van der Waals surface area contributed by atoms with Crippen molar-refractivity contribution in [2.75, 3.05) is 32.5 Å². The van der Waals surface area contributed by atoms with Gasteiger partial charge in [0.15, 0.2) is 0 Å². The maximum Gasteiger partial charge on any atom is 0.274 e. The van der Waals surface area contributed by atoms with Gasteiger partial charge in [0.1, 0.15) is 5.69 Å². The van der Waals surface area contributed by atoms with Gasteiger partial charge in [-0.2, -0.15) is 5.26 Å². The van der Waals surface area contributed by atoms with Gasteiger partial charge in [0, 0.05) is 24.0 Å². The molecule has 2 N–H and O–H groups in total. The van der Waals surface area contributed by atoms with E-state index >= 15 is 0 Å². The summed E-state index contributed by atoms with van der Waals surface area (Å²) in [5, 5.41) is 14.3. The summed E-state index contributed by atoms with van der Waals surface area (Å²) in [4.78, 5) is 30.5. The number of rotatable bonds is 7. The molecule has 0 atom stereocenters. The summed E-state index contributed by atoms with van der Waals surface area (Å²) in [7, 11) is 3.95. The topological polar surface area (TPSA) is 98.1 Å². The monoisotopic (exact) mass is 351 g/mol. The van der Waals surface area contributed by atoms with Crippen LogP contribution in [-0.2, 0) is 0 Å². The fourth-order valence-electron chi connectivity index (χ4n) is 2.22. The van der Waals surface area contributed by atoms with Crippen molar-refractivity contribution in [3.05, 3.63) is 59.4 Å². The molecule has 1 heterocycles. The Balaban J connectivity index is 1.97. The van der Waals surface area contributed by atoms with E-state index in [-0.39, 0.29) is 11.6 Å². The Labute approximate surface area is 152 Å². The van der Waals surface area contributed by atoms with Gasteiger partial charge in [-0.25, -0.2) is 0 Å². The van der Waals surface area contributed by atoms with Crippen LogP contribution in [0, 0.1) is 11.3 Å². The van der Waals surface area contributed by atoms with Crippen molar-refractivity contribution in [1.82, 2.24) is 15.2 Å². The van der Waals surface area contributed by atoms with E-state index < -0.39 is 5.91 Å². The first kappa shape index (κ1) is 19.1. The normalized spacial score (nSPS) is 10.2. The lowest BCUT2D eigenvalue weighted by Gasteiger charge is -2.10. The van der Waals surface area contributed by atoms with E-state index in [1.54, 1.807) is 30.3 Å². The van der Waals surface area contributed by atoms with Crippen molar-refractivity contribution < 1.29 is 9.59 Å². The molecule has 7 heteroatoms. The van der Waals surface area contributed by atoms with Crippen molar-refractivity contribution in [2.24, 2.45) is 0 Å². The van der Waals surface area contributed by atoms with Gasteiger partial charge in [-0.1, -0.05) is 0 Å². The number of carbonyl (C=O) groups is 2.